The summed E-state index contributed by atoms with van der Waals surface area (Å²) in [5.41, 5.74) is 2.82. The fraction of sp³-hybridized carbons (Fsp3) is 0.150. The molecule has 1 aromatic carbocycles. The van der Waals surface area contributed by atoms with Gasteiger partial charge in [-0.3, -0.25) is 9.78 Å². The number of anilines is 1. The summed E-state index contributed by atoms with van der Waals surface area (Å²) in [6, 6.07) is 10.5. The molecular formula is C20H20N4O3S2. The van der Waals surface area contributed by atoms with E-state index in [2.05, 4.69) is 26.6 Å². The number of rotatable bonds is 9. The van der Waals surface area contributed by atoms with Gasteiger partial charge in [0.05, 0.1) is 17.9 Å². The molecule has 0 spiro atoms. The Balaban J connectivity index is 1.56. The Bertz CT molecular complexity index is 1080. The van der Waals surface area contributed by atoms with Crippen molar-refractivity contribution in [2.24, 2.45) is 0 Å². The number of hydrogen-bond donors (Lipinski definition) is 2. The molecule has 7 nitrogen and oxygen atoms in total. The first-order valence-electron chi connectivity index (χ1n) is 8.77. The van der Waals surface area contributed by atoms with Crippen LogP contribution in [0.3, 0.4) is 0 Å². The molecule has 0 saturated heterocycles. The van der Waals surface area contributed by atoms with E-state index in [0.717, 1.165) is 10.6 Å². The monoisotopic (exact) mass is 428 g/mol. The van der Waals surface area contributed by atoms with Crippen LogP contribution in [-0.2, 0) is 27.0 Å². The summed E-state index contributed by atoms with van der Waals surface area (Å²) in [7, 11) is -3.41. The minimum absolute atomic E-state index is 0.134. The lowest BCUT2D eigenvalue weighted by molar-refractivity contribution is -0.115. The zero-order valence-corrected chi connectivity index (χ0v) is 17.2. The molecule has 0 saturated carbocycles. The second-order valence-corrected chi connectivity index (χ2v) is 8.87. The summed E-state index contributed by atoms with van der Waals surface area (Å²) in [5, 5.41) is 5.47. The van der Waals surface area contributed by atoms with Gasteiger partial charge < -0.3 is 5.32 Å². The van der Waals surface area contributed by atoms with Gasteiger partial charge in [-0.05, 0) is 29.8 Å². The fourth-order valence-corrected chi connectivity index (χ4v) is 4.44. The van der Waals surface area contributed by atoms with Crippen molar-refractivity contribution >= 4 is 33.0 Å². The summed E-state index contributed by atoms with van der Waals surface area (Å²) in [5.74, 6) is -0.327. The van der Waals surface area contributed by atoms with Crippen LogP contribution in [0.1, 0.15) is 11.3 Å². The Morgan fingerprint density at radius 3 is 2.69 bits per heavy atom. The van der Waals surface area contributed by atoms with E-state index in [9.17, 15) is 13.2 Å². The maximum Gasteiger partial charge on any atom is 0.230 e. The number of sulfonamides is 1. The predicted molar refractivity (Wildman–Crippen MR) is 115 cm³/mol. The molecule has 0 atom stereocenters. The molecule has 2 N–H and O–H groups in total. The number of amides is 1. The SMILES string of the molecule is C=CCNS(=O)(=O)Cc1ccc(NC(=O)Cc2csc(-c3cccnc3)n2)cc1. The average Bonchev–Trinajstić information content (AvgIpc) is 3.17. The van der Waals surface area contributed by atoms with Crippen LogP contribution in [0.15, 0.2) is 66.8 Å². The molecule has 29 heavy (non-hydrogen) atoms. The molecular weight excluding hydrogens is 408 g/mol. The number of thiazole rings is 1. The summed E-state index contributed by atoms with van der Waals surface area (Å²) in [4.78, 5) is 20.8. The van der Waals surface area contributed by atoms with Crippen LogP contribution < -0.4 is 10.0 Å². The third kappa shape index (κ3) is 6.31. The highest BCUT2D eigenvalue weighted by Gasteiger charge is 2.12. The van der Waals surface area contributed by atoms with Crippen LogP contribution >= 0.6 is 11.3 Å². The van der Waals surface area contributed by atoms with Gasteiger partial charge in [-0.1, -0.05) is 18.2 Å². The van der Waals surface area contributed by atoms with Crippen molar-refractivity contribution in [3.63, 3.8) is 0 Å². The van der Waals surface area contributed by atoms with E-state index >= 15 is 0 Å². The average molecular weight is 429 g/mol. The molecule has 2 aromatic heterocycles. The molecule has 0 unspecified atom stereocenters. The first kappa shape index (κ1) is 20.8. The van der Waals surface area contributed by atoms with Gasteiger partial charge in [0.1, 0.15) is 5.01 Å². The molecule has 9 heteroatoms. The van der Waals surface area contributed by atoms with Gasteiger partial charge in [0.25, 0.3) is 0 Å². The number of carbonyl (C=O) groups excluding carboxylic acids is 1. The van der Waals surface area contributed by atoms with E-state index in [1.54, 1.807) is 36.7 Å². The normalized spacial score (nSPS) is 11.2. The zero-order chi connectivity index (χ0) is 20.7. The van der Waals surface area contributed by atoms with Gasteiger partial charge in [-0.25, -0.2) is 18.1 Å². The van der Waals surface area contributed by atoms with Crippen molar-refractivity contribution in [2.75, 3.05) is 11.9 Å². The summed E-state index contributed by atoms with van der Waals surface area (Å²) in [6.07, 6.45) is 5.07. The number of aromatic nitrogens is 2. The van der Waals surface area contributed by atoms with E-state index < -0.39 is 10.0 Å². The van der Waals surface area contributed by atoms with Crippen LogP contribution in [0.2, 0.25) is 0 Å². The van der Waals surface area contributed by atoms with Gasteiger partial charge in [0, 0.05) is 35.6 Å². The van der Waals surface area contributed by atoms with Gasteiger partial charge in [-0.15, -0.1) is 17.9 Å². The zero-order valence-electron chi connectivity index (χ0n) is 15.5. The number of nitrogens with zero attached hydrogens (tertiary/aromatic N) is 2. The van der Waals surface area contributed by atoms with Crippen molar-refractivity contribution in [3.8, 4) is 10.6 Å². The minimum Gasteiger partial charge on any atom is -0.326 e. The Morgan fingerprint density at radius 2 is 2.00 bits per heavy atom. The highest BCUT2D eigenvalue weighted by molar-refractivity contribution is 7.88. The summed E-state index contributed by atoms with van der Waals surface area (Å²) >= 11 is 1.46. The largest absolute Gasteiger partial charge is 0.326 e. The second-order valence-electron chi connectivity index (χ2n) is 6.20. The van der Waals surface area contributed by atoms with Crippen LogP contribution in [0.5, 0.6) is 0 Å². The first-order valence-corrected chi connectivity index (χ1v) is 11.3. The Hall–Kier alpha value is -2.88. The predicted octanol–water partition coefficient (Wildman–Crippen LogP) is 2.99. The first-order chi connectivity index (χ1) is 13.9. The molecule has 3 rings (SSSR count). The topological polar surface area (TPSA) is 101 Å². The van der Waals surface area contributed by atoms with Crippen molar-refractivity contribution in [2.45, 2.75) is 12.2 Å². The maximum atomic E-state index is 12.3. The van der Waals surface area contributed by atoms with Gasteiger partial charge >= 0.3 is 0 Å². The Labute approximate surface area is 173 Å². The number of nitrogens with one attached hydrogen (secondary N) is 2. The van der Waals surface area contributed by atoms with Crippen molar-refractivity contribution in [1.82, 2.24) is 14.7 Å². The molecule has 0 bridgehead atoms. The summed E-state index contributed by atoms with van der Waals surface area (Å²) < 4.78 is 26.2. The molecule has 3 aromatic rings. The number of carbonyl (C=O) groups is 1. The van der Waals surface area contributed by atoms with Gasteiger partial charge in [-0.2, -0.15) is 0 Å². The van der Waals surface area contributed by atoms with Crippen LogP contribution in [0.4, 0.5) is 5.69 Å². The van der Waals surface area contributed by atoms with E-state index in [-0.39, 0.29) is 24.6 Å². The Kier molecular flexibility index (Phi) is 6.86. The third-order valence-corrected chi connectivity index (χ3v) is 6.10. The standard InChI is InChI=1S/C20H20N4O3S2/c1-2-9-22-29(26,27)14-15-5-7-17(8-6-15)23-19(25)11-18-13-28-20(24-18)16-4-3-10-21-12-16/h2-8,10,12-13,22H,1,9,11,14H2,(H,23,25). The van der Waals surface area contributed by atoms with Crippen LogP contribution in [0.25, 0.3) is 10.6 Å². The van der Waals surface area contributed by atoms with E-state index in [0.29, 0.717) is 16.9 Å². The van der Waals surface area contributed by atoms with E-state index in [1.807, 2.05) is 17.5 Å². The van der Waals surface area contributed by atoms with Crippen molar-refractivity contribution < 1.29 is 13.2 Å². The molecule has 1 amide bonds. The number of pyridine rings is 1. The van der Waals surface area contributed by atoms with Crippen molar-refractivity contribution in [1.29, 1.82) is 0 Å². The molecule has 150 valence electrons. The highest BCUT2D eigenvalue weighted by atomic mass is 32.2. The lowest BCUT2D eigenvalue weighted by Gasteiger charge is -2.07. The molecule has 2 heterocycles. The van der Waals surface area contributed by atoms with Crippen molar-refractivity contribution in [3.05, 3.63) is 78.1 Å². The third-order valence-electron chi connectivity index (χ3n) is 3.84. The highest BCUT2D eigenvalue weighted by Crippen LogP contribution is 2.23. The van der Waals surface area contributed by atoms with E-state index in [1.165, 1.54) is 17.4 Å². The van der Waals surface area contributed by atoms with E-state index in [4.69, 9.17) is 0 Å². The number of benzene rings is 1. The quantitative estimate of drug-likeness (QED) is 0.510. The fourth-order valence-electron chi connectivity index (χ4n) is 2.52. The molecule has 0 aliphatic heterocycles. The van der Waals surface area contributed by atoms with Crippen LogP contribution in [0, 0.1) is 0 Å². The number of hydrogen-bond acceptors (Lipinski definition) is 6. The van der Waals surface area contributed by atoms with Crippen LogP contribution in [-0.4, -0.2) is 30.8 Å². The minimum atomic E-state index is -3.41. The molecule has 0 radical (unpaired) electrons. The second kappa shape index (κ2) is 9.55. The lowest BCUT2D eigenvalue weighted by Crippen LogP contribution is -2.25. The molecule has 0 fully saturated rings. The lowest BCUT2D eigenvalue weighted by atomic mass is 10.2. The molecule has 0 aliphatic carbocycles. The Morgan fingerprint density at radius 1 is 1.21 bits per heavy atom. The molecule has 0 aliphatic rings. The maximum absolute atomic E-state index is 12.3. The van der Waals surface area contributed by atoms with Gasteiger partial charge in [0.15, 0.2) is 0 Å². The smallest absolute Gasteiger partial charge is 0.230 e. The van der Waals surface area contributed by atoms with Gasteiger partial charge in [0.2, 0.25) is 15.9 Å². The summed E-state index contributed by atoms with van der Waals surface area (Å²) in [6.45, 7) is 3.67.